The van der Waals surface area contributed by atoms with Gasteiger partial charge in [-0.25, -0.2) is 4.79 Å². The summed E-state index contributed by atoms with van der Waals surface area (Å²) in [5, 5.41) is 3.61. The molecule has 0 bridgehead atoms. The summed E-state index contributed by atoms with van der Waals surface area (Å²) < 4.78 is 5.57. The van der Waals surface area contributed by atoms with Crippen LogP contribution in [0.25, 0.3) is 0 Å². The molecule has 2 saturated heterocycles. The van der Waals surface area contributed by atoms with E-state index in [4.69, 9.17) is 4.74 Å². The number of rotatable bonds is 3. The van der Waals surface area contributed by atoms with Crippen molar-refractivity contribution in [3.63, 3.8) is 0 Å². The molecule has 0 aromatic heterocycles. The summed E-state index contributed by atoms with van der Waals surface area (Å²) in [7, 11) is 0. The highest BCUT2D eigenvalue weighted by atomic mass is 16.6. The number of hydrogen-bond acceptors (Lipinski definition) is 3. The van der Waals surface area contributed by atoms with Crippen LogP contribution in [0.15, 0.2) is 0 Å². The van der Waals surface area contributed by atoms with Gasteiger partial charge in [-0.15, -0.1) is 0 Å². The quantitative estimate of drug-likeness (QED) is 0.863. The van der Waals surface area contributed by atoms with Crippen LogP contribution in [0.4, 0.5) is 4.79 Å². The van der Waals surface area contributed by atoms with Gasteiger partial charge in [-0.2, -0.15) is 0 Å². The number of carbonyl (C=O) groups is 1. The Morgan fingerprint density at radius 2 is 1.90 bits per heavy atom. The minimum Gasteiger partial charge on any atom is -0.444 e. The number of carbonyl (C=O) groups excluding carboxylic acids is 1. The van der Waals surface area contributed by atoms with Crippen LogP contribution in [0.3, 0.4) is 0 Å². The lowest BCUT2D eigenvalue weighted by molar-refractivity contribution is 0.00823. The van der Waals surface area contributed by atoms with E-state index in [0.717, 1.165) is 32.4 Å². The molecule has 0 radical (unpaired) electrons. The molecule has 1 amide bonds. The predicted molar refractivity (Wildman–Crippen MR) is 85.5 cm³/mol. The fraction of sp³-hybridized carbons (Fsp3) is 0.941. The number of piperidine rings is 2. The van der Waals surface area contributed by atoms with Gasteiger partial charge in [-0.1, -0.05) is 6.42 Å². The number of ether oxygens (including phenoxy) is 1. The zero-order chi connectivity index (χ0) is 15.3. The predicted octanol–water partition coefficient (Wildman–Crippen LogP) is 3.70. The molecule has 2 heterocycles. The lowest BCUT2D eigenvalue weighted by atomic mass is 9.93. The Morgan fingerprint density at radius 1 is 1.14 bits per heavy atom. The molecule has 2 aliphatic rings. The summed E-state index contributed by atoms with van der Waals surface area (Å²) in [6.45, 7) is 7.84. The van der Waals surface area contributed by atoms with Gasteiger partial charge in [0.1, 0.15) is 5.60 Å². The van der Waals surface area contributed by atoms with Crippen LogP contribution in [0.2, 0.25) is 0 Å². The van der Waals surface area contributed by atoms with E-state index in [2.05, 4.69) is 5.32 Å². The molecule has 122 valence electrons. The second-order valence-corrected chi connectivity index (χ2v) is 7.55. The Hall–Kier alpha value is -0.770. The third kappa shape index (κ3) is 5.50. The second kappa shape index (κ2) is 7.48. The van der Waals surface area contributed by atoms with E-state index in [1.165, 1.54) is 32.1 Å². The lowest BCUT2D eigenvalue weighted by Crippen LogP contribution is -2.47. The van der Waals surface area contributed by atoms with Crippen molar-refractivity contribution in [3.8, 4) is 0 Å². The van der Waals surface area contributed by atoms with E-state index in [0.29, 0.717) is 12.1 Å². The van der Waals surface area contributed by atoms with Crippen LogP contribution in [0.5, 0.6) is 0 Å². The minimum atomic E-state index is -0.399. The topological polar surface area (TPSA) is 41.6 Å². The van der Waals surface area contributed by atoms with Gasteiger partial charge < -0.3 is 15.0 Å². The maximum atomic E-state index is 12.4. The highest BCUT2D eigenvalue weighted by molar-refractivity contribution is 5.68. The highest BCUT2D eigenvalue weighted by Crippen LogP contribution is 2.25. The Labute approximate surface area is 129 Å². The SMILES string of the molecule is CC(C)(C)OC(=O)N1CCCCC1CCC1CCCCN1. The number of nitrogens with zero attached hydrogens (tertiary/aromatic N) is 1. The smallest absolute Gasteiger partial charge is 0.410 e. The molecule has 21 heavy (non-hydrogen) atoms. The van der Waals surface area contributed by atoms with Crippen molar-refractivity contribution in [1.82, 2.24) is 10.2 Å². The standard InChI is InChI=1S/C17H32N2O2/c1-17(2,3)21-16(20)19-13-7-5-9-15(19)11-10-14-8-4-6-12-18-14/h14-15,18H,4-13H2,1-3H3. The van der Waals surface area contributed by atoms with E-state index in [1.54, 1.807) is 0 Å². The summed E-state index contributed by atoms with van der Waals surface area (Å²) in [5.41, 5.74) is -0.399. The zero-order valence-electron chi connectivity index (χ0n) is 14.0. The molecular weight excluding hydrogens is 264 g/mol. The summed E-state index contributed by atoms with van der Waals surface area (Å²) in [6.07, 6.45) is 9.59. The van der Waals surface area contributed by atoms with Gasteiger partial charge >= 0.3 is 6.09 Å². The Balaban J connectivity index is 1.84. The second-order valence-electron chi connectivity index (χ2n) is 7.55. The molecule has 0 aromatic carbocycles. The Bertz CT molecular complexity index is 332. The fourth-order valence-electron chi connectivity index (χ4n) is 3.43. The largest absolute Gasteiger partial charge is 0.444 e. The van der Waals surface area contributed by atoms with E-state index in [9.17, 15) is 4.79 Å². The van der Waals surface area contributed by atoms with E-state index in [1.807, 2.05) is 25.7 Å². The van der Waals surface area contributed by atoms with Crippen LogP contribution < -0.4 is 5.32 Å². The molecule has 0 aromatic rings. The van der Waals surface area contributed by atoms with E-state index in [-0.39, 0.29) is 6.09 Å². The van der Waals surface area contributed by atoms with Gasteiger partial charge in [0, 0.05) is 18.6 Å². The molecule has 2 fully saturated rings. The van der Waals surface area contributed by atoms with Crippen LogP contribution >= 0.6 is 0 Å². The summed E-state index contributed by atoms with van der Waals surface area (Å²) >= 11 is 0. The Kier molecular flexibility index (Phi) is 5.91. The molecule has 0 aliphatic carbocycles. The third-order valence-electron chi connectivity index (χ3n) is 4.52. The van der Waals surface area contributed by atoms with Crippen molar-refractivity contribution in [3.05, 3.63) is 0 Å². The minimum absolute atomic E-state index is 0.121. The molecule has 0 spiro atoms. The normalized spacial score (nSPS) is 27.5. The van der Waals surface area contributed by atoms with Gasteiger partial charge in [0.2, 0.25) is 0 Å². The average molecular weight is 296 g/mol. The zero-order valence-corrected chi connectivity index (χ0v) is 14.0. The number of likely N-dealkylation sites (tertiary alicyclic amines) is 1. The molecule has 1 N–H and O–H groups in total. The average Bonchev–Trinajstić information content (AvgIpc) is 2.45. The van der Waals surface area contributed by atoms with Crippen LogP contribution in [0.1, 0.15) is 72.1 Å². The highest BCUT2D eigenvalue weighted by Gasteiger charge is 2.30. The van der Waals surface area contributed by atoms with Crippen molar-refractivity contribution >= 4 is 6.09 Å². The van der Waals surface area contributed by atoms with Crippen LogP contribution in [-0.2, 0) is 4.74 Å². The van der Waals surface area contributed by atoms with Crippen LogP contribution in [0, 0.1) is 0 Å². The van der Waals surface area contributed by atoms with Gasteiger partial charge in [0.15, 0.2) is 0 Å². The molecule has 2 atom stereocenters. The fourth-order valence-corrected chi connectivity index (χ4v) is 3.43. The maximum Gasteiger partial charge on any atom is 0.410 e. The molecular formula is C17H32N2O2. The first-order chi connectivity index (χ1) is 9.96. The molecule has 2 rings (SSSR count). The Morgan fingerprint density at radius 3 is 2.57 bits per heavy atom. The summed E-state index contributed by atoms with van der Waals surface area (Å²) in [6, 6.07) is 1.03. The van der Waals surface area contributed by atoms with E-state index >= 15 is 0 Å². The summed E-state index contributed by atoms with van der Waals surface area (Å²) in [5.74, 6) is 0. The lowest BCUT2D eigenvalue weighted by Gasteiger charge is -2.37. The molecule has 4 nitrogen and oxygen atoms in total. The van der Waals surface area contributed by atoms with Gasteiger partial charge in [0.25, 0.3) is 0 Å². The van der Waals surface area contributed by atoms with Gasteiger partial charge in [-0.05, 0) is 72.3 Å². The first-order valence-corrected chi connectivity index (χ1v) is 8.69. The van der Waals surface area contributed by atoms with Crippen molar-refractivity contribution < 1.29 is 9.53 Å². The van der Waals surface area contributed by atoms with Crippen LogP contribution in [-0.4, -0.2) is 41.8 Å². The first-order valence-electron chi connectivity index (χ1n) is 8.69. The van der Waals surface area contributed by atoms with Gasteiger partial charge in [-0.3, -0.25) is 0 Å². The number of amides is 1. The number of hydrogen-bond donors (Lipinski definition) is 1. The first kappa shape index (κ1) is 16.6. The van der Waals surface area contributed by atoms with Gasteiger partial charge in [0.05, 0.1) is 0 Å². The number of nitrogens with one attached hydrogen (secondary N) is 1. The van der Waals surface area contributed by atoms with Crippen molar-refractivity contribution in [2.24, 2.45) is 0 Å². The van der Waals surface area contributed by atoms with Crippen molar-refractivity contribution in [2.45, 2.75) is 89.8 Å². The van der Waals surface area contributed by atoms with Crippen molar-refractivity contribution in [1.29, 1.82) is 0 Å². The maximum absolute atomic E-state index is 12.4. The molecule has 2 aliphatic heterocycles. The molecule has 2 unspecified atom stereocenters. The molecule has 4 heteroatoms. The third-order valence-corrected chi connectivity index (χ3v) is 4.52. The molecule has 0 saturated carbocycles. The van der Waals surface area contributed by atoms with E-state index < -0.39 is 5.60 Å². The monoisotopic (exact) mass is 296 g/mol. The van der Waals surface area contributed by atoms with Crippen molar-refractivity contribution in [2.75, 3.05) is 13.1 Å². The summed E-state index contributed by atoms with van der Waals surface area (Å²) in [4.78, 5) is 14.3.